The molecular formula is C12H18N4O3S. The maximum atomic E-state index is 11.7. The molecule has 1 aromatic rings. The van der Waals surface area contributed by atoms with E-state index in [2.05, 4.69) is 10.2 Å². The van der Waals surface area contributed by atoms with E-state index in [1.807, 2.05) is 18.4 Å². The maximum absolute atomic E-state index is 11.7. The summed E-state index contributed by atoms with van der Waals surface area (Å²) in [7, 11) is 0. The van der Waals surface area contributed by atoms with Crippen LogP contribution in [0, 0.1) is 12.8 Å². The molecular weight excluding hydrogens is 280 g/mol. The molecule has 1 N–H and O–H groups in total. The Kier molecular flexibility index (Phi) is 4.64. The Morgan fingerprint density at radius 1 is 1.50 bits per heavy atom. The minimum absolute atomic E-state index is 0.0776. The lowest BCUT2D eigenvalue weighted by molar-refractivity contribution is -0.141. The van der Waals surface area contributed by atoms with Crippen molar-refractivity contribution in [3.63, 3.8) is 0 Å². The van der Waals surface area contributed by atoms with E-state index in [0.29, 0.717) is 18.8 Å². The monoisotopic (exact) mass is 298 g/mol. The Bertz CT molecular complexity index is 517. The van der Waals surface area contributed by atoms with Crippen molar-refractivity contribution in [2.75, 3.05) is 18.8 Å². The smallest absolute Gasteiger partial charge is 0.308 e. The molecule has 0 radical (unpaired) electrons. The van der Waals surface area contributed by atoms with Crippen LogP contribution in [0.2, 0.25) is 0 Å². The van der Waals surface area contributed by atoms with E-state index >= 15 is 0 Å². The molecule has 1 aliphatic heterocycles. The number of nitrogens with zero attached hydrogens (tertiary/aromatic N) is 4. The van der Waals surface area contributed by atoms with Crippen LogP contribution in [0.1, 0.15) is 19.2 Å². The van der Waals surface area contributed by atoms with Crippen LogP contribution in [0.3, 0.4) is 0 Å². The number of hydrogen-bond acceptors (Lipinski definition) is 5. The summed E-state index contributed by atoms with van der Waals surface area (Å²) >= 11 is 1.54. The van der Waals surface area contributed by atoms with Gasteiger partial charge in [-0.1, -0.05) is 11.8 Å². The fourth-order valence-electron chi connectivity index (χ4n) is 2.23. The van der Waals surface area contributed by atoms with Crippen LogP contribution in [0.25, 0.3) is 0 Å². The number of rotatable bonds is 6. The molecule has 0 aliphatic carbocycles. The number of aryl methyl sites for hydroxylation is 1. The first-order chi connectivity index (χ1) is 9.52. The highest BCUT2D eigenvalue weighted by atomic mass is 32.2. The van der Waals surface area contributed by atoms with Gasteiger partial charge < -0.3 is 14.6 Å². The lowest BCUT2D eigenvalue weighted by Gasteiger charge is -2.15. The molecule has 2 heterocycles. The van der Waals surface area contributed by atoms with Gasteiger partial charge in [0.1, 0.15) is 5.82 Å². The van der Waals surface area contributed by atoms with Crippen molar-refractivity contribution in [3.05, 3.63) is 5.82 Å². The van der Waals surface area contributed by atoms with Gasteiger partial charge in [-0.3, -0.25) is 9.59 Å². The van der Waals surface area contributed by atoms with E-state index in [9.17, 15) is 9.59 Å². The molecule has 110 valence electrons. The number of carbonyl (C=O) groups is 2. The predicted molar refractivity (Wildman–Crippen MR) is 73.5 cm³/mol. The van der Waals surface area contributed by atoms with E-state index in [1.54, 1.807) is 4.90 Å². The van der Waals surface area contributed by atoms with Crippen LogP contribution in [-0.2, 0) is 16.1 Å². The van der Waals surface area contributed by atoms with Gasteiger partial charge in [-0.15, -0.1) is 10.2 Å². The average Bonchev–Trinajstić information content (AvgIpc) is 2.94. The van der Waals surface area contributed by atoms with Gasteiger partial charge in [0.15, 0.2) is 5.16 Å². The largest absolute Gasteiger partial charge is 0.481 e. The van der Waals surface area contributed by atoms with Gasteiger partial charge in [0.25, 0.3) is 0 Å². The minimum atomic E-state index is -0.894. The molecule has 1 aliphatic rings. The van der Waals surface area contributed by atoms with Crippen molar-refractivity contribution in [1.29, 1.82) is 0 Å². The Labute approximate surface area is 121 Å². The van der Waals surface area contributed by atoms with Crippen LogP contribution in [0.4, 0.5) is 0 Å². The normalized spacial score (nSPS) is 18.8. The van der Waals surface area contributed by atoms with Crippen molar-refractivity contribution in [2.24, 2.45) is 5.92 Å². The zero-order chi connectivity index (χ0) is 14.7. The predicted octanol–water partition coefficient (Wildman–Crippen LogP) is 0.632. The second-order valence-electron chi connectivity index (χ2n) is 4.70. The number of carboxylic acids is 1. The van der Waals surface area contributed by atoms with Crippen molar-refractivity contribution in [1.82, 2.24) is 19.7 Å². The first-order valence-corrected chi connectivity index (χ1v) is 7.54. The first kappa shape index (κ1) is 14.8. The molecule has 7 nitrogen and oxygen atoms in total. The lowest BCUT2D eigenvalue weighted by atomic mass is 10.1. The molecule has 0 saturated carbocycles. The van der Waals surface area contributed by atoms with Crippen LogP contribution >= 0.6 is 11.8 Å². The van der Waals surface area contributed by atoms with Gasteiger partial charge in [0.2, 0.25) is 5.91 Å². The summed E-state index contributed by atoms with van der Waals surface area (Å²) in [6.07, 6.45) is 0.115. The van der Waals surface area contributed by atoms with Crippen molar-refractivity contribution < 1.29 is 14.7 Å². The number of thioether (sulfide) groups is 1. The zero-order valence-corrected chi connectivity index (χ0v) is 12.4. The second kappa shape index (κ2) is 6.25. The standard InChI is InChI=1S/C12H18N4O3S/c1-3-16-8(2)13-14-12(16)20-5-4-15-7-9(11(18)19)6-10(15)17/h9H,3-7H2,1-2H3,(H,18,19). The highest BCUT2D eigenvalue weighted by molar-refractivity contribution is 7.99. The third-order valence-corrected chi connectivity index (χ3v) is 4.32. The number of aromatic nitrogens is 3. The molecule has 0 spiro atoms. The third-order valence-electron chi connectivity index (χ3n) is 3.37. The lowest BCUT2D eigenvalue weighted by Crippen LogP contribution is -2.28. The summed E-state index contributed by atoms with van der Waals surface area (Å²) in [6, 6.07) is 0. The van der Waals surface area contributed by atoms with Gasteiger partial charge in [0, 0.05) is 31.8 Å². The van der Waals surface area contributed by atoms with Crippen LogP contribution < -0.4 is 0 Å². The molecule has 0 aromatic carbocycles. The summed E-state index contributed by atoms with van der Waals surface area (Å²) < 4.78 is 2.01. The van der Waals surface area contributed by atoms with E-state index in [1.165, 1.54) is 11.8 Å². The highest BCUT2D eigenvalue weighted by Gasteiger charge is 2.33. The van der Waals surface area contributed by atoms with Gasteiger partial charge in [0.05, 0.1) is 5.92 Å². The van der Waals surface area contributed by atoms with Crippen LogP contribution in [0.5, 0.6) is 0 Å². The van der Waals surface area contributed by atoms with Gasteiger partial charge in [-0.05, 0) is 13.8 Å². The second-order valence-corrected chi connectivity index (χ2v) is 5.76. The molecule has 1 atom stereocenters. The van der Waals surface area contributed by atoms with E-state index in [-0.39, 0.29) is 12.3 Å². The minimum Gasteiger partial charge on any atom is -0.481 e. The topological polar surface area (TPSA) is 88.3 Å². The van der Waals surface area contributed by atoms with Crippen LogP contribution in [-0.4, -0.2) is 55.5 Å². The number of carbonyl (C=O) groups excluding carboxylic acids is 1. The summed E-state index contributed by atoms with van der Waals surface area (Å²) in [4.78, 5) is 24.2. The molecule has 1 unspecified atom stereocenters. The summed E-state index contributed by atoms with van der Waals surface area (Å²) in [5, 5.41) is 17.9. The Morgan fingerprint density at radius 3 is 2.85 bits per heavy atom. The molecule has 20 heavy (non-hydrogen) atoms. The molecule has 8 heteroatoms. The van der Waals surface area contributed by atoms with Crippen molar-refractivity contribution >= 4 is 23.6 Å². The molecule has 1 saturated heterocycles. The first-order valence-electron chi connectivity index (χ1n) is 6.56. The molecule has 2 rings (SSSR count). The summed E-state index contributed by atoms with van der Waals surface area (Å²) in [5.74, 6) is 0.0316. The average molecular weight is 298 g/mol. The maximum Gasteiger partial charge on any atom is 0.308 e. The number of carboxylic acid groups (broad SMARTS) is 1. The van der Waals surface area contributed by atoms with Gasteiger partial charge >= 0.3 is 5.97 Å². The van der Waals surface area contributed by atoms with Crippen molar-refractivity contribution in [2.45, 2.75) is 32.0 Å². The highest BCUT2D eigenvalue weighted by Crippen LogP contribution is 2.21. The zero-order valence-electron chi connectivity index (χ0n) is 11.6. The summed E-state index contributed by atoms with van der Waals surface area (Å²) in [5.41, 5.74) is 0. The SMILES string of the molecule is CCn1c(C)nnc1SCCN1CC(C(=O)O)CC1=O. The number of aliphatic carboxylic acids is 1. The molecule has 0 bridgehead atoms. The Balaban J connectivity index is 1.84. The van der Waals surface area contributed by atoms with Crippen molar-refractivity contribution in [3.8, 4) is 0 Å². The number of hydrogen-bond donors (Lipinski definition) is 1. The molecule has 1 amide bonds. The van der Waals surface area contributed by atoms with E-state index in [0.717, 1.165) is 17.5 Å². The molecule has 1 fully saturated rings. The van der Waals surface area contributed by atoms with Crippen LogP contribution in [0.15, 0.2) is 5.16 Å². The number of likely N-dealkylation sites (tertiary alicyclic amines) is 1. The summed E-state index contributed by atoms with van der Waals surface area (Å²) in [6.45, 7) is 5.60. The van der Waals surface area contributed by atoms with E-state index < -0.39 is 11.9 Å². The van der Waals surface area contributed by atoms with Gasteiger partial charge in [-0.25, -0.2) is 0 Å². The van der Waals surface area contributed by atoms with Gasteiger partial charge in [-0.2, -0.15) is 0 Å². The quantitative estimate of drug-likeness (QED) is 0.775. The fourth-order valence-corrected chi connectivity index (χ4v) is 3.24. The Hall–Kier alpha value is -1.57. The Morgan fingerprint density at radius 2 is 2.25 bits per heavy atom. The number of amides is 1. The van der Waals surface area contributed by atoms with E-state index in [4.69, 9.17) is 5.11 Å². The third kappa shape index (κ3) is 3.12. The fraction of sp³-hybridized carbons (Fsp3) is 0.667. The molecule has 1 aromatic heterocycles.